The summed E-state index contributed by atoms with van der Waals surface area (Å²) in [6, 6.07) is 7.25. The van der Waals surface area contributed by atoms with E-state index in [2.05, 4.69) is 9.69 Å². The normalized spacial score (nSPS) is 17.4. The zero-order chi connectivity index (χ0) is 14.3. The zero-order valence-corrected chi connectivity index (χ0v) is 11.7. The summed E-state index contributed by atoms with van der Waals surface area (Å²) in [6.45, 7) is 0. The third kappa shape index (κ3) is 2.07. The highest BCUT2D eigenvalue weighted by Crippen LogP contribution is 2.43. The summed E-state index contributed by atoms with van der Waals surface area (Å²) in [4.78, 5) is 23.7. The number of aromatic carboxylic acids is 1. The maximum Gasteiger partial charge on any atom is 0.357 e. The van der Waals surface area contributed by atoms with Gasteiger partial charge in [0.05, 0.1) is 10.6 Å². The Kier molecular flexibility index (Phi) is 3.19. The summed E-state index contributed by atoms with van der Waals surface area (Å²) in [6.07, 6.45) is 0.234. The predicted octanol–water partition coefficient (Wildman–Crippen LogP) is 2.97. The second-order valence-corrected chi connectivity index (χ2v) is 5.61. The van der Waals surface area contributed by atoms with Gasteiger partial charge >= 0.3 is 5.97 Å². The maximum atomic E-state index is 11.8. The van der Waals surface area contributed by atoms with Crippen LogP contribution in [0.5, 0.6) is 0 Å². The Morgan fingerprint density at radius 3 is 2.90 bits per heavy atom. The fourth-order valence-electron chi connectivity index (χ4n) is 2.28. The Morgan fingerprint density at radius 1 is 1.45 bits per heavy atom. The van der Waals surface area contributed by atoms with Crippen molar-refractivity contribution in [2.24, 2.45) is 0 Å². The first-order valence-electron chi connectivity index (χ1n) is 5.85. The average Bonchev–Trinajstić information content (AvgIpc) is 2.82. The molecule has 20 heavy (non-hydrogen) atoms. The molecule has 2 heterocycles. The first kappa shape index (κ1) is 13.1. The fourth-order valence-corrected chi connectivity index (χ4v) is 3.49. The number of halogens is 1. The van der Waals surface area contributed by atoms with Gasteiger partial charge in [-0.05, 0) is 23.2 Å². The molecule has 1 aromatic carbocycles. The molecule has 102 valence electrons. The van der Waals surface area contributed by atoms with Gasteiger partial charge in [-0.3, -0.25) is 4.79 Å². The van der Waals surface area contributed by atoms with Crippen molar-refractivity contribution in [2.75, 3.05) is 5.32 Å². The maximum absolute atomic E-state index is 11.8. The van der Waals surface area contributed by atoms with E-state index in [9.17, 15) is 9.59 Å². The standard InChI is InChI=1S/C13H9ClN2O3S/c14-8-4-2-1-3-6(8)7-5-9(17)15-10-11(13(18)19)16-20-12(7)10/h1-4,7H,5H2,(H,15,17)(H,18,19)/t7-/m0/s1. The second-order valence-electron chi connectivity index (χ2n) is 4.40. The van der Waals surface area contributed by atoms with Crippen LogP contribution in [0.25, 0.3) is 0 Å². The lowest BCUT2D eigenvalue weighted by molar-refractivity contribution is -0.116. The second kappa shape index (κ2) is 4.88. The number of anilines is 1. The fraction of sp³-hybridized carbons (Fsp3) is 0.154. The van der Waals surface area contributed by atoms with Crippen LogP contribution in [0.1, 0.15) is 33.3 Å². The summed E-state index contributed by atoms with van der Waals surface area (Å²) < 4.78 is 3.92. The van der Waals surface area contributed by atoms with E-state index in [1.54, 1.807) is 6.07 Å². The zero-order valence-electron chi connectivity index (χ0n) is 10.1. The Labute approximate surface area is 123 Å². The summed E-state index contributed by atoms with van der Waals surface area (Å²) >= 11 is 7.27. The molecule has 3 rings (SSSR count). The van der Waals surface area contributed by atoms with Crippen LogP contribution in [-0.4, -0.2) is 21.4 Å². The predicted molar refractivity (Wildman–Crippen MR) is 75.6 cm³/mol. The van der Waals surface area contributed by atoms with E-state index < -0.39 is 5.97 Å². The molecule has 0 radical (unpaired) electrons. The highest BCUT2D eigenvalue weighted by atomic mass is 35.5. The number of nitrogens with one attached hydrogen (secondary N) is 1. The van der Waals surface area contributed by atoms with Crippen molar-refractivity contribution in [3.05, 3.63) is 45.4 Å². The number of aromatic nitrogens is 1. The van der Waals surface area contributed by atoms with Crippen molar-refractivity contribution in [3.8, 4) is 0 Å². The molecule has 1 aliphatic rings. The molecule has 2 N–H and O–H groups in total. The van der Waals surface area contributed by atoms with Gasteiger partial charge in [0.25, 0.3) is 0 Å². The van der Waals surface area contributed by atoms with E-state index >= 15 is 0 Å². The first-order chi connectivity index (χ1) is 9.58. The Morgan fingerprint density at radius 2 is 2.20 bits per heavy atom. The van der Waals surface area contributed by atoms with Crippen LogP contribution in [0, 0.1) is 0 Å². The van der Waals surface area contributed by atoms with Gasteiger partial charge in [-0.1, -0.05) is 29.8 Å². The molecule has 1 atom stereocenters. The number of hydrogen-bond acceptors (Lipinski definition) is 4. The Balaban J connectivity index is 2.14. The van der Waals surface area contributed by atoms with Gasteiger partial charge in [-0.25, -0.2) is 4.79 Å². The number of carbonyl (C=O) groups excluding carboxylic acids is 1. The van der Waals surface area contributed by atoms with Crippen molar-refractivity contribution in [1.82, 2.24) is 4.37 Å². The molecule has 1 aliphatic heterocycles. The number of fused-ring (bicyclic) bond motifs is 1. The molecule has 0 bridgehead atoms. The topological polar surface area (TPSA) is 79.3 Å². The van der Waals surface area contributed by atoms with Crippen LogP contribution < -0.4 is 5.32 Å². The molecular formula is C13H9ClN2O3S. The van der Waals surface area contributed by atoms with Crippen LogP contribution in [0.15, 0.2) is 24.3 Å². The molecule has 0 saturated heterocycles. The monoisotopic (exact) mass is 308 g/mol. The molecule has 0 saturated carbocycles. The molecule has 1 aromatic heterocycles. The number of carboxylic acids is 1. The number of amides is 1. The van der Waals surface area contributed by atoms with Gasteiger partial charge < -0.3 is 10.4 Å². The minimum Gasteiger partial charge on any atom is -0.476 e. The molecule has 7 heteroatoms. The number of hydrogen-bond donors (Lipinski definition) is 2. The van der Waals surface area contributed by atoms with E-state index in [1.165, 1.54) is 0 Å². The van der Waals surface area contributed by atoms with Gasteiger partial charge in [0, 0.05) is 17.4 Å². The van der Waals surface area contributed by atoms with Crippen LogP contribution in [0.2, 0.25) is 5.02 Å². The molecule has 2 aromatic rings. The van der Waals surface area contributed by atoms with Crippen molar-refractivity contribution in [2.45, 2.75) is 12.3 Å². The molecule has 0 spiro atoms. The van der Waals surface area contributed by atoms with Gasteiger partial charge in [-0.15, -0.1) is 0 Å². The van der Waals surface area contributed by atoms with Crippen molar-refractivity contribution in [3.63, 3.8) is 0 Å². The number of benzene rings is 1. The smallest absolute Gasteiger partial charge is 0.357 e. The quantitative estimate of drug-likeness (QED) is 0.894. The van der Waals surface area contributed by atoms with Crippen molar-refractivity contribution in [1.29, 1.82) is 0 Å². The van der Waals surface area contributed by atoms with Crippen LogP contribution >= 0.6 is 23.1 Å². The average molecular weight is 309 g/mol. The van der Waals surface area contributed by atoms with Gasteiger partial charge in [0.15, 0.2) is 5.69 Å². The molecule has 5 nitrogen and oxygen atoms in total. The highest BCUT2D eigenvalue weighted by Gasteiger charge is 2.33. The molecule has 0 fully saturated rings. The number of nitrogens with zero attached hydrogens (tertiary/aromatic N) is 1. The van der Waals surface area contributed by atoms with Crippen molar-refractivity contribution < 1.29 is 14.7 Å². The van der Waals surface area contributed by atoms with Crippen LogP contribution in [0.3, 0.4) is 0 Å². The lowest BCUT2D eigenvalue weighted by Gasteiger charge is -2.23. The van der Waals surface area contributed by atoms with E-state index in [4.69, 9.17) is 16.7 Å². The first-order valence-corrected chi connectivity index (χ1v) is 7.00. The van der Waals surface area contributed by atoms with E-state index in [-0.39, 0.29) is 23.9 Å². The van der Waals surface area contributed by atoms with Crippen molar-refractivity contribution >= 4 is 40.7 Å². The Hall–Kier alpha value is -1.92. The molecule has 1 amide bonds. The molecule has 0 unspecified atom stereocenters. The summed E-state index contributed by atoms with van der Waals surface area (Å²) in [7, 11) is 0. The van der Waals surface area contributed by atoms with Crippen LogP contribution in [-0.2, 0) is 4.79 Å². The van der Waals surface area contributed by atoms with E-state index in [1.807, 2.05) is 18.2 Å². The van der Waals surface area contributed by atoms with E-state index in [0.717, 1.165) is 22.0 Å². The van der Waals surface area contributed by atoms with Gasteiger partial charge in [0.1, 0.15) is 0 Å². The van der Waals surface area contributed by atoms with Gasteiger partial charge in [-0.2, -0.15) is 4.37 Å². The number of carboxylic acid groups (broad SMARTS) is 1. The SMILES string of the molecule is O=C1C[C@@H](c2ccccc2Cl)c2snc(C(=O)O)c2N1. The third-order valence-electron chi connectivity index (χ3n) is 3.17. The summed E-state index contributed by atoms with van der Waals surface area (Å²) in [5, 5.41) is 12.2. The van der Waals surface area contributed by atoms with Gasteiger partial charge in [0.2, 0.25) is 5.91 Å². The summed E-state index contributed by atoms with van der Waals surface area (Å²) in [5.41, 5.74) is 0.990. The van der Waals surface area contributed by atoms with E-state index in [0.29, 0.717) is 10.7 Å². The summed E-state index contributed by atoms with van der Waals surface area (Å²) in [5.74, 6) is -1.63. The minimum absolute atomic E-state index is 0.116. The number of carbonyl (C=O) groups is 2. The third-order valence-corrected chi connectivity index (χ3v) is 4.48. The lowest BCUT2D eigenvalue weighted by atomic mass is 9.90. The molecular weight excluding hydrogens is 300 g/mol. The highest BCUT2D eigenvalue weighted by molar-refractivity contribution is 7.06. The lowest BCUT2D eigenvalue weighted by Crippen LogP contribution is -2.23. The molecule has 0 aliphatic carbocycles. The largest absolute Gasteiger partial charge is 0.476 e. The minimum atomic E-state index is -1.15. The van der Waals surface area contributed by atoms with Crippen LogP contribution in [0.4, 0.5) is 5.69 Å². The number of rotatable bonds is 2. The Bertz CT molecular complexity index is 713.